The van der Waals surface area contributed by atoms with Crippen molar-refractivity contribution >= 4 is 25.7 Å². The first-order valence-electron chi connectivity index (χ1n) is 8.12. The Bertz CT molecular complexity index is 1130. The van der Waals surface area contributed by atoms with Crippen LogP contribution in [-0.4, -0.2) is 64.4 Å². The van der Waals surface area contributed by atoms with Gasteiger partial charge in [-0.25, -0.2) is 17.9 Å². The van der Waals surface area contributed by atoms with Crippen LogP contribution in [0, 0.1) is 0 Å². The van der Waals surface area contributed by atoms with E-state index in [1.165, 1.54) is 20.2 Å². The van der Waals surface area contributed by atoms with Crippen molar-refractivity contribution in [3.8, 4) is 0 Å². The van der Waals surface area contributed by atoms with Crippen LogP contribution in [0.5, 0.6) is 0 Å². The molecule has 1 fully saturated rings. The van der Waals surface area contributed by atoms with Crippen molar-refractivity contribution in [3.05, 3.63) is 39.3 Å². The van der Waals surface area contributed by atoms with Crippen molar-refractivity contribution < 1.29 is 27.4 Å². The van der Waals surface area contributed by atoms with Crippen LogP contribution in [0.4, 0.5) is 0 Å². The predicted octanol–water partition coefficient (Wildman–Crippen LogP) is -1.40. The molecule has 0 bridgehead atoms. The molecule has 1 saturated heterocycles. The molecule has 1 aliphatic heterocycles. The van der Waals surface area contributed by atoms with Crippen LogP contribution in [-0.2, 0) is 34.6 Å². The van der Waals surface area contributed by atoms with Gasteiger partial charge >= 0.3 is 11.7 Å². The molecule has 0 spiro atoms. The zero-order valence-electron chi connectivity index (χ0n) is 15.1. The number of ether oxygens (including phenoxy) is 3. The summed E-state index contributed by atoms with van der Waals surface area (Å²) >= 11 is 0. The molecule has 1 aliphatic rings. The van der Waals surface area contributed by atoms with E-state index in [9.17, 15) is 22.8 Å². The molecule has 4 atom stereocenters. The molecule has 158 valence electrons. The summed E-state index contributed by atoms with van der Waals surface area (Å²) in [4.78, 5) is 37.1. The van der Waals surface area contributed by atoms with Crippen LogP contribution in [0.3, 0.4) is 0 Å². The van der Waals surface area contributed by atoms with E-state index in [1.807, 2.05) is 0 Å². The highest BCUT2D eigenvalue weighted by atomic mass is 35.7. The summed E-state index contributed by atoms with van der Waals surface area (Å²) in [5.41, 5.74) is -1.34. The maximum atomic E-state index is 12.2. The van der Waals surface area contributed by atoms with Crippen LogP contribution in [0.1, 0.15) is 13.2 Å². The maximum absolute atomic E-state index is 12.2. The number of carbonyl (C=O) groups excluding carboxylic acids is 1. The minimum absolute atomic E-state index is 0.0914. The second-order valence-corrected chi connectivity index (χ2v) is 8.59. The summed E-state index contributed by atoms with van der Waals surface area (Å²) in [6.45, 7) is 1.10. The van der Waals surface area contributed by atoms with Crippen LogP contribution in [0.25, 0.3) is 0 Å². The zero-order valence-corrected chi connectivity index (χ0v) is 16.7. The van der Waals surface area contributed by atoms with Gasteiger partial charge in [0.25, 0.3) is 14.6 Å². The molecule has 0 radical (unpaired) electrons. The first-order valence-corrected chi connectivity index (χ1v) is 10.4. The molecular formula is C14H16ClN5O8S. The molecule has 0 aliphatic carbocycles. The van der Waals surface area contributed by atoms with E-state index < -0.39 is 55.8 Å². The van der Waals surface area contributed by atoms with Crippen molar-refractivity contribution in [2.45, 2.75) is 43.0 Å². The van der Waals surface area contributed by atoms with E-state index in [2.05, 4.69) is 15.3 Å². The molecule has 15 heteroatoms. The molecule has 2 aromatic heterocycles. The summed E-state index contributed by atoms with van der Waals surface area (Å²) in [5.74, 6) is -0.622. The molecule has 2 aromatic rings. The van der Waals surface area contributed by atoms with Crippen molar-refractivity contribution in [2.75, 3.05) is 7.11 Å². The molecule has 0 aromatic carbocycles. The lowest BCUT2D eigenvalue weighted by atomic mass is 10.1. The Morgan fingerprint density at radius 2 is 2.10 bits per heavy atom. The van der Waals surface area contributed by atoms with Crippen LogP contribution < -0.4 is 11.2 Å². The number of hydrogen-bond donors (Lipinski definition) is 1. The molecule has 3 rings (SSSR count). The summed E-state index contributed by atoms with van der Waals surface area (Å²) in [7, 11) is 2.49. The van der Waals surface area contributed by atoms with Gasteiger partial charge in [-0.05, 0) is 0 Å². The van der Waals surface area contributed by atoms with Crippen molar-refractivity contribution in [1.82, 2.24) is 24.5 Å². The van der Waals surface area contributed by atoms with Crippen LogP contribution in [0.15, 0.2) is 33.1 Å². The quantitative estimate of drug-likeness (QED) is 0.409. The van der Waals surface area contributed by atoms with Gasteiger partial charge in [0.1, 0.15) is 12.2 Å². The van der Waals surface area contributed by atoms with Gasteiger partial charge in [0, 0.05) is 37.0 Å². The number of hydrogen-bond acceptors (Lipinski definition) is 10. The van der Waals surface area contributed by atoms with E-state index in [1.54, 1.807) is 0 Å². The monoisotopic (exact) mass is 449 g/mol. The third-order valence-electron chi connectivity index (χ3n) is 4.12. The lowest BCUT2D eigenvalue weighted by molar-refractivity contribution is -0.154. The number of nitrogens with one attached hydrogen (secondary N) is 1. The van der Waals surface area contributed by atoms with E-state index in [0.29, 0.717) is 0 Å². The van der Waals surface area contributed by atoms with Gasteiger partial charge in [0.2, 0.25) is 5.03 Å². The number of aromatic nitrogens is 5. The minimum atomic E-state index is -4.08. The summed E-state index contributed by atoms with van der Waals surface area (Å²) < 4.78 is 41.5. The Labute approximate surface area is 167 Å². The number of aromatic amines is 1. The average Bonchev–Trinajstić information content (AvgIpc) is 3.20. The highest BCUT2D eigenvalue weighted by Crippen LogP contribution is 2.33. The van der Waals surface area contributed by atoms with Gasteiger partial charge < -0.3 is 14.2 Å². The van der Waals surface area contributed by atoms with Crippen LogP contribution in [0.2, 0.25) is 0 Å². The Morgan fingerprint density at radius 3 is 2.66 bits per heavy atom. The van der Waals surface area contributed by atoms with E-state index in [0.717, 1.165) is 21.5 Å². The smallest absolute Gasteiger partial charge is 0.330 e. The topological polar surface area (TPSA) is 164 Å². The second kappa shape index (κ2) is 8.06. The fourth-order valence-electron chi connectivity index (χ4n) is 2.96. The number of halogens is 1. The summed E-state index contributed by atoms with van der Waals surface area (Å²) in [6.07, 6.45) is -1.51. The normalized spacial score (nSPS) is 24.5. The standard InChI is InChI=1S/C14H16ClN5O8S/c1-7(21)27-11-8(5-19-6-10(17-18-19)29(15,24)25)28-13(12(11)26-2)20-4-3-9(22)16-14(20)23/h3-4,6,8,11-13H,5H2,1-2H3,(H,16,22,23). The van der Waals surface area contributed by atoms with Gasteiger partial charge in [-0.3, -0.25) is 19.1 Å². The number of H-pyrrole nitrogens is 1. The number of rotatable bonds is 6. The predicted molar refractivity (Wildman–Crippen MR) is 94.6 cm³/mol. The molecule has 1 N–H and O–H groups in total. The number of esters is 1. The minimum Gasteiger partial charge on any atom is -0.457 e. The Balaban J connectivity index is 1.94. The molecule has 13 nitrogen and oxygen atoms in total. The molecular weight excluding hydrogens is 434 g/mol. The third-order valence-corrected chi connectivity index (χ3v) is 5.28. The van der Waals surface area contributed by atoms with Crippen molar-refractivity contribution in [2.24, 2.45) is 0 Å². The first kappa shape index (κ1) is 21.2. The number of nitrogens with zero attached hydrogens (tertiary/aromatic N) is 4. The van der Waals surface area contributed by atoms with E-state index in [4.69, 9.17) is 24.9 Å². The van der Waals surface area contributed by atoms with Gasteiger partial charge in [-0.1, -0.05) is 5.21 Å². The molecule has 3 heterocycles. The SMILES string of the molecule is COC1C(OC(C)=O)C(Cn2cc(S(=O)(=O)Cl)nn2)OC1n1ccc(=O)[nH]c1=O. The highest BCUT2D eigenvalue weighted by Gasteiger charge is 2.48. The largest absolute Gasteiger partial charge is 0.457 e. The fourth-order valence-corrected chi connectivity index (χ4v) is 3.55. The van der Waals surface area contributed by atoms with Crippen molar-refractivity contribution in [3.63, 3.8) is 0 Å². The Morgan fingerprint density at radius 1 is 1.38 bits per heavy atom. The van der Waals surface area contributed by atoms with E-state index >= 15 is 0 Å². The molecule has 4 unspecified atom stereocenters. The molecule has 0 saturated carbocycles. The Hall–Kier alpha value is -2.55. The van der Waals surface area contributed by atoms with E-state index in [-0.39, 0.29) is 6.54 Å². The second-order valence-electron chi connectivity index (χ2n) is 6.07. The lowest BCUT2D eigenvalue weighted by Gasteiger charge is -2.22. The average molecular weight is 450 g/mol. The van der Waals surface area contributed by atoms with Gasteiger partial charge in [-0.2, -0.15) is 0 Å². The first-order chi connectivity index (χ1) is 13.6. The summed E-state index contributed by atoms with van der Waals surface area (Å²) in [6, 6.07) is 1.13. The fraction of sp³-hybridized carbons (Fsp3) is 0.500. The van der Waals surface area contributed by atoms with Gasteiger partial charge in [0.05, 0.1) is 12.7 Å². The Kier molecular flexibility index (Phi) is 5.88. The lowest BCUT2D eigenvalue weighted by Crippen LogP contribution is -2.41. The van der Waals surface area contributed by atoms with Gasteiger partial charge in [-0.15, -0.1) is 5.10 Å². The van der Waals surface area contributed by atoms with Gasteiger partial charge in [0.15, 0.2) is 12.3 Å². The number of methoxy groups -OCH3 is 1. The zero-order chi connectivity index (χ0) is 21.3. The highest BCUT2D eigenvalue weighted by molar-refractivity contribution is 8.13. The van der Waals surface area contributed by atoms with Crippen LogP contribution >= 0.6 is 10.7 Å². The van der Waals surface area contributed by atoms with Crippen molar-refractivity contribution in [1.29, 1.82) is 0 Å². The molecule has 0 amide bonds. The molecule has 29 heavy (non-hydrogen) atoms. The maximum Gasteiger partial charge on any atom is 0.330 e. The third kappa shape index (κ3) is 4.55. The number of carbonyl (C=O) groups is 1. The summed E-state index contributed by atoms with van der Waals surface area (Å²) in [5, 5.41) is 6.66.